The minimum atomic E-state index is -0.166. The number of ether oxygens (including phenoxy) is 2. The molecule has 1 aromatic heterocycles. The summed E-state index contributed by atoms with van der Waals surface area (Å²) in [6.45, 7) is 6.40. The van der Waals surface area contributed by atoms with Gasteiger partial charge in [0, 0.05) is 5.41 Å². The summed E-state index contributed by atoms with van der Waals surface area (Å²) < 4.78 is 13.7. The van der Waals surface area contributed by atoms with Crippen LogP contribution in [-0.4, -0.2) is 27.9 Å². The van der Waals surface area contributed by atoms with Gasteiger partial charge in [-0.3, -0.25) is 5.10 Å². The predicted octanol–water partition coefficient (Wildman–Crippen LogP) is 3.61. The summed E-state index contributed by atoms with van der Waals surface area (Å²) in [5, 5.41) is 11.5. The average molecular weight is 383 g/mol. The van der Waals surface area contributed by atoms with Gasteiger partial charge in [-0.15, -0.1) is 0 Å². The van der Waals surface area contributed by atoms with Gasteiger partial charge in [-0.1, -0.05) is 20.8 Å². The van der Waals surface area contributed by atoms with Crippen LogP contribution < -0.4 is 9.47 Å². The standard InChI is InChI=1S/C14H15BrN4O2S/c1-14(2,3)12-17-18-13(22)19(12)16-6-8-4-9(15)11-10(5-8)20-7-21-11/h4-6H,7H2,1-3H3,(H,18,22)/b16-6-. The first kappa shape index (κ1) is 15.2. The molecule has 1 aliphatic heterocycles. The Bertz CT molecular complexity index is 804. The summed E-state index contributed by atoms with van der Waals surface area (Å²) in [6, 6.07) is 3.79. The largest absolute Gasteiger partial charge is 0.454 e. The molecule has 0 atom stereocenters. The number of hydrogen-bond donors (Lipinski definition) is 1. The molecular weight excluding hydrogens is 368 g/mol. The highest BCUT2D eigenvalue weighted by molar-refractivity contribution is 9.10. The van der Waals surface area contributed by atoms with Gasteiger partial charge >= 0.3 is 0 Å². The third-order valence-corrected chi connectivity index (χ3v) is 3.95. The molecule has 1 aliphatic rings. The van der Waals surface area contributed by atoms with Gasteiger partial charge in [-0.05, 0) is 45.8 Å². The molecule has 2 aromatic rings. The van der Waals surface area contributed by atoms with E-state index < -0.39 is 0 Å². The highest BCUT2D eigenvalue weighted by atomic mass is 79.9. The number of aromatic nitrogens is 3. The fourth-order valence-corrected chi connectivity index (χ4v) is 2.82. The molecule has 3 rings (SSSR count). The summed E-state index contributed by atoms with van der Waals surface area (Å²) in [5.41, 5.74) is 0.708. The summed E-state index contributed by atoms with van der Waals surface area (Å²) in [5.74, 6) is 2.18. The van der Waals surface area contributed by atoms with Gasteiger partial charge in [0.05, 0.1) is 10.7 Å². The lowest BCUT2D eigenvalue weighted by Crippen LogP contribution is -2.17. The Labute approximate surface area is 141 Å². The first-order chi connectivity index (χ1) is 10.4. The molecule has 0 bridgehead atoms. The zero-order valence-electron chi connectivity index (χ0n) is 12.4. The molecule has 1 N–H and O–H groups in total. The van der Waals surface area contributed by atoms with Crippen molar-refractivity contribution in [2.75, 3.05) is 6.79 Å². The molecule has 116 valence electrons. The second-order valence-corrected chi connectivity index (χ2v) is 7.14. The monoisotopic (exact) mass is 382 g/mol. The lowest BCUT2D eigenvalue weighted by atomic mass is 9.96. The van der Waals surface area contributed by atoms with E-state index in [9.17, 15) is 0 Å². The van der Waals surface area contributed by atoms with Crippen molar-refractivity contribution in [1.29, 1.82) is 0 Å². The summed E-state index contributed by atoms with van der Waals surface area (Å²) >= 11 is 8.70. The third-order valence-electron chi connectivity index (χ3n) is 3.09. The molecule has 1 aromatic carbocycles. The molecular formula is C14H15BrN4O2S. The maximum atomic E-state index is 5.40. The van der Waals surface area contributed by atoms with E-state index >= 15 is 0 Å². The molecule has 2 heterocycles. The maximum Gasteiger partial charge on any atom is 0.231 e. The van der Waals surface area contributed by atoms with E-state index in [4.69, 9.17) is 21.7 Å². The first-order valence-corrected chi connectivity index (χ1v) is 7.88. The number of H-pyrrole nitrogens is 1. The zero-order valence-corrected chi connectivity index (χ0v) is 14.8. The second kappa shape index (κ2) is 5.51. The van der Waals surface area contributed by atoms with Gasteiger partial charge in [-0.25, -0.2) is 0 Å². The van der Waals surface area contributed by atoms with Crippen molar-refractivity contribution in [2.24, 2.45) is 5.10 Å². The summed E-state index contributed by atoms with van der Waals surface area (Å²) in [6.07, 6.45) is 1.72. The van der Waals surface area contributed by atoms with Crippen molar-refractivity contribution in [2.45, 2.75) is 26.2 Å². The maximum absolute atomic E-state index is 5.40. The van der Waals surface area contributed by atoms with Crippen LogP contribution in [0.1, 0.15) is 32.2 Å². The van der Waals surface area contributed by atoms with Crippen LogP contribution in [0.3, 0.4) is 0 Å². The molecule has 0 radical (unpaired) electrons. The molecule has 22 heavy (non-hydrogen) atoms. The van der Waals surface area contributed by atoms with Crippen molar-refractivity contribution < 1.29 is 9.47 Å². The number of aromatic amines is 1. The minimum Gasteiger partial charge on any atom is -0.454 e. The van der Waals surface area contributed by atoms with E-state index in [0.717, 1.165) is 15.9 Å². The number of nitrogens with one attached hydrogen (secondary N) is 1. The second-order valence-electron chi connectivity index (χ2n) is 5.90. The highest BCUT2D eigenvalue weighted by Gasteiger charge is 2.21. The van der Waals surface area contributed by atoms with Gasteiger partial charge in [-0.2, -0.15) is 14.9 Å². The predicted molar refractivity (Wildman–Crippen MR) is 89.4 cm³/mol. The third kappa shape index (κ3) is 2.80. The van der Waals surface area contributed by atoms with Gasteiger partial charge in [0.2, 0.25) is 11.6 Å². The van der Waals surface area contributed by atoms with Crippen molar-refractivity contribution in [1.82, 2.24) is 14.9 Å². The molecule has 0 aliphatic carbocycles. The van der Waals surface area contributed by atoms with Crippen LogP contribution in [0.4, 0.5) is 0 Å². The Morgan fingerprint density at radius 2 is 2.18 bits per heavy atom. The van der Waals surface area contributed by atoms with Crippen molar-refractivity contribution >= 4 is 34.4 Å². The van der Waals surface area contributed by atoms with E-state index in [1.807, 2.05) is 12.1 Å². The number of rotatable bonds is 2. The molecule has 0 spiro atoms. The van der Waals surface area contributed by atoms with Gasteiger partial charge < -0.3 is 9.47 Å². The van der Waals surface area contributed by atoms with E-state index in [-0.39, 0.29) is 12.2 Å². The highest BCUT2D eigenvalue weighted by Crippen LogP contribution is 2.39. The quantitative estimate of drug-likeness (QED) is 0.636. The molecule has 0 unspecified atom stereocenters. The molecule has 0 fully saturated rings. The summed E-state index contributed by atoms with van der Waals surface area (Å²) in [7, 11) is 0. The molecule has 0 saturated heterocycles. The Hall–Kier alpha value is -1.67. The number of fused-ring (bicyclic) bond motifs is 1. The SMILES string of the molecule is CC(C)(C)c1n[nH]c(=S)n1/N=C\c1cc(Br)c2c(c1)OCO2. The minimum absolute atomic E-state index is 0.166. The summed E-state index contributed by atoms with van der Waals surface area (Å²) in [4.78, 5) is 0. The van der Waals surface area contributed by atoms with Crippen molar-refractivity contribution in [3.05, 3.63) is 32.8 Å². The number of halogens is 1. The first-order valence-electron chi connectivity index (χ1n) is 6.67. The van der Waals surface area contributed by atoms with Crippen molar-refractivity contribution in [3.8, 4) is 11.5 Å². The number of hydrogen-bond acceptors (Lipinski definition) is 5. The Balaban J connectivity index is 1.98. The number of nitrogens with zero attached hydrogens (tertiary/aromatic N) is 3. The Morgan fingerprint density at radius 1 is 1.41 bits per heavy atom. The lowest BCUT2D eigenvalue weighted by molar-refractivity contribution is 0.173. The smallest absolute Gasteiger partial charge is 0.231 e. The van der Waals surface area contributed by atoms with E-state index in [0.29, 0.717) is 16.3 Å². The molecule has 8 heteroatoms. The van der Waals surface area contributed by atoms with E-state index in [1.165, 1.54) is 0 Å². The van der Waals surface area contributed by atoms with Crippen LogP contribution >= 0.6 is 28.1 Å². The Morgan fingerprint density at radius 3 is 2.91 bits per heavy atom. The average Bonchev–Trinajstić information content (AvgIpc) is 3.02. The van der Waals surface area contributed by atoms with Gasteiger partial charge in [0.1, 0.15) is 0 Å². The fraction of sp³-hybridized carbons (Fsp3) is 0.357. The van der Waals surface area contributed by atoms with E-state index in [2.05, 4.69) is 52.0 Å². The molecule has 6 nitrogen and oxygen atoms in total. The van der Waals surface area contributed by atoms with E-state index in [1.54, 1.807) is 10.9 Å². The zero-order chi connectivity index (χ0) is 15.9. The van der Waals surface area contributed by atoms with Crippen LogP contribution in [0.2, 0.25) is 0 Å². The molecule has 0 amide bonds. The number of benzene rings is 1. The lowest BCUT2D eigenvalue weighted by Gasteiger charge is -2.15. The Kier molecular flexibility index (Phi) is 3.82. The van der Waals surface area contributed by atoms with Crippen LogP contribution in [0, 0.1) is 4.77 Å². The van der Waals surface area contributed by atoms with Crippen LogP contribution in [-0.2, 0) is 5.41 Å². The fourth-order valence-electron chi connectivity index (χ4n) is 2.07. The van der Waals surface area contributed by atoms with Crippen LogP contribution in [0.15, 0.2) is 21.7 Å². The van der Waals surface area contributed by atoms with Crippen molar-refractivity contribution in [3.63, 3.8) is 0 Å². The van der Waals surface area contributed by atoms with Gasteiger partial charge in [0.15, 0.2) is 17.3 Å². The normalized spacial score (nSPS) is 14.0. The van der Waals surface area contributed by atoms with Gasteiger partial charge in [0.25, 0.3) is 0 Å². The topological polar surface area (TPSA) is 64.4 Å². The molecule has 0 saturated carbocycles. The van der Waals surface area contributed by atoms with Crippen LogP contribution in [0.25, 0.3) is 0 Å². The van der Waals surface area contributed by atoms with Crippen LogP contribution in [0.5, 0.6) is 11.5 Å².